The van der Waals surface area contributed by atoms with Crippen LogP contribution in [0.5, 0.6) is 0 Å². The molecule has 6 heteroatoms. The molecule has 0 N–H and O–H groups in total. The van der Waals surface area contributed by atoms with Crippen LogP contribution in [0.4, 0.5) is 0 Å². The first kappa shape index (κ1) is 17.6. The Bertz CT molecular complexity index is 818. The summed E-state index contributed by atoms with van der Waals surface area (Å²) in [7, 11) is 3.22. The predicted octanol–water partition coefficient (Wildman–Crippen LogP) is 1.27. The first-order valence-electron chi connectivity index (χ1n) is 8.68. The highest BCUT2D eigenvalue weighted by molar-refractivity contribution is 5.13. The third kappa shape index (κ3) is 4.27. The number of nitrogens with zero attached hydrogens (tertiary/aromatic N) is 3. The van der Waals surface area contributed by atoms with Gasteiger partial charge in [-0.25, -0.2) is 4.79 Å². The molecule has 134 valence electrons. The zero-order valence-electron chi connectivity index (χ0n) is 14.9. The van der Waals surface area contributed by atoms with Gasteiger partial charge in [0.25, 0.3) is 5.56 Å². The molecule has 0 bridgehead atoms. The molecule has 1 fully saturated rings. The van der Waals surface area contributed by atoms with Crippen LogP contribution in [0.25, 0.3) is 0 Å². The minimum Gasteiger partial charge on any atom is -0.373 e. The topological polar surface area (TPSA) is 56.5 Å². The SMILES string of the molecule is Cn1c(CN2CCC(OCc3ccccc3)CC2)cc(=O)n(C)c1=O. The van der Waals surface area contributed by atoms with Gasteiger partial charge in [0.2, 0.25) is 0 Å². The Labute approximate surface area is 147 Å². The number of ether oxygens (including phenoxy) is 1. The molecule has 1 aliphatic heterocycles. The van der Waals surface area contributed by atoms with Crippen molar-refractivity contribution in [1.82, 2.24) is 14.0 Å². The average Bonchev–Trinajstić information content (AvgIpc) is 2.64. The van der Waals surface area contributed by atoms with Gasteiger partial charge in [0.05, 0.1) is 12.7 Å². The van der Waals surface area contributed by atoms with E-state index in [-0.39, 0.29) is 17.4 Å². The van der Waals surface area contributed by atoms with Gasteiger partial charge in [-0.05, 0) is 18.4 Å². The van der Waals surface area contributed by atoms with Crippen LogP contribution in [0.3, 0.4) is 0 Å². The van der Waals surface area contributed by atoms with Crippen molar-refractivity contribution >= 4 is 0 Å². The summed E-state index contributed by atoms with van der Waals surface area (Å²) in [5.41, 5.74) is 1.43. The first-order chi connectivity index (χ1) is 12.0. The van der Waals surface area contributed by atoms with Gasteiger partial charge in [-0.1, -0.05) is 30.3 Å². The number of benzene rings is 1. The molecule has 25 heavy (non-hydrogen) atoms. The van der Waals surface area contributed by atoms with E-state index in [2.05, 4.69) is 17.0 Å². The molecule has 1 saturated heterocycles. The zero-order chi connectivity index (χ0) is 17.8. The largest absolute Gasteiger partial charge is 0.373 e. The molecule has 0 unspecified atom stereocenters. The monoisotopic (exact) mass is 343 g/mol. The summed E-state index contributed by atoms with van der Waals surface area (Å²) >= 11 is 0. The Balaban J connectivity index is 1.53. The van der Waals surface area contributed by atoms with Crippen molar-refractivity contribution in [2.45, 2.75) is 32.1 Å². The third-order valence-electron chi connectivity index (χ3n) is 4.87. The maximum absolute atomic E-state index is 12.0. The van der Waals surface area contributed by atoms with Crippen molar-refractivity contribution in [3.05, 3.63) is 68.5 Å². The van der Waals surface area contributed by atoms with Crippen LogP contribution >= 0.6 is 0 Å². The summed E-state index contributed by atoms with van der Waals surface area (Å²) in [4.78, 5) is 26.1. The molecular formula is C19H25N3O3. The van der Waals surface area contributed by atoms with E-state index in [1.54, 1.807) is 17.7 Å². The molecule has 2 heterocycles. The Morgan fingerprint density at radius 1 is 1.04 bits per heavy atom. The van der Waals surface area contributed by atoms with E-state index in [4.69, 9.17) is 4.74 Å². The van der Waals surface area contributed by atoms with E-state index in [0.29, 0.717) is 13.2 Å². The average molecular weight is 343 g/mol. The lowest BCUT2D eigenvalue weighted by molar-refractivity contribution is -0.00434. The standard InChI is InChI=1S/C19H25N3O3/c1-20-16(12-18(23)21(2)19(20)24)13-22-10-8-17(9-11-22)25-14-15-6-4-3-5-7-15/h3-7,12,17H,8-11,13-14H2,1-2H3. The van der Waals surface area contributed by atoms with Gasteiger partial charge in [-0.3, -0.25) is 18.8 Å². The van der Waals surface area contributed by atoms with Crippen LogP contribution in [0.2, 0.25) is 0 Å². The highest BCUT2D eigenvalue weighted by Crippen LogP contribution is 2.17. The first-order valence-corrected chi connectivity index (χ1v) is 8.68. The van der Waals surface area contributed by atoms with E-state index in [0.717, 1.165) is 36.2 Å². The number of likely N-dealkylation sites (tertiary alicyclic amines) is 1. The van der Waals surface area contributed by atoms with Crippen molar-refractivity contribution in [2.75, 3.05) is 13.1 Å². The van der Waals surface area contributed by atoms with Gasteiger partial charge in [0.1, 0.15) is 0 Å². The van der Waals surface area contributed by atoms with Crippen LogP contribution < -0.4 is 11.2 Å². The van der Waals surface area contributed by atoms with Crippen molar-refractivity contribution in [3.63, 3.8) is 0 Å². The van der Waals surface area contributed by atoms with Gasteiger partial charge in [0.15, 0.2) is 0 Å². The molecule has 1 aromatic carbocycles. The molecule has 2 aromatic rings. The van der Waals surface area contributed by atoms with E-state index in [9.17, 15) is 9.59 Å². The molecule has 0 aliphatic carbocycles. The molecule has 0 radical (unpaired) electrons. The van der Waals surface area contributed by atoms with Crippen LogP contribution in [0.15, 0.2) is 46.0 Å². The Kier molecular flexibility index (Phi) is 5.50. The van der Waals surface area contributed by atoms with Crippen LogP contribution in [-0.2, 0) is 32.0 Å². The molecule has 1 aliphatic rings. The molecule has 3 rings (SSSR count). The van der Waals surface area contributed by atoms with Crippen molar-refractivity contribution in [2.24, 2.45) is 14.1 Å². The van der Waals surface area contributed by atoms with Gasteiger partial charge >= 0.3 is 5.69 Å². The molecule has 0 saturated carbocycles. The number of rotatable bonds is 5. The Hall–Kier alpha value is -2.18. The van der Waals surface area contributed by atoms with Gasteiger partial charge < -0.3 is 4.74 Å². The van der Waals surface area contributed by atoms with Crippen molar-refractivity contribution in [1.29, 1.82) is 0 Å². The summed E-state index contributed by atoms with van der Waals surface area (Å²) in [6.45, 7) is 3.08. The molecular weight excluding hydrogens is 318 g/mol. The zero-order valence-corrected chi connectivity index (χ0v) is 14.9. The normalized spacial score (nSPS) is 16.2. The minimum absolute atomic E-state index is 0.251. The van der Waals surface area contributed by atoms with Crippen LogP contribution in [-0.4, -0.2) is 33.2 Å². The molecule has 0 spiro atoms. The third-order valence-corrected chi connectivity index (χ3v) is 4.87. The lowest BCUT2D eigenvalue weighted by Gasteiger charge is -2.32. The number of aromatic nitrogens is 2. The highest BCUT2D eigenvalue weighted by Gasteiger charge is 2.20. The van der Waals surface area contributed by atoms with E-state index < -0.39 is 0 Å². The predicted molar refractivity (Wildman–Crippen MR) is 96.5 cm³/mol. The molecule has 0 amide bonds. The van der Waals surface area contributed by atoms with E-state index in [1.165, 1.54) is 12.6 Å². The van der Waals surface area contributed by atoms with Crippen LogP contribution in [0.1, 0.15) is 24.1 Å². The maximum Gasteiger partial charge on any atom is 0.330 e. The number of hydrogen-bond donors (Lipinski definition) is 0. The lowest BCUT2D eigenvalue weighted by atomic mass is 10.1. The Morgan fingerprint density at radius 3 is 2.40 bits per heavy atom. The van der Waals surface area contributed by atoms with Gasteiger partial charge in [-0.2, -0.15) is 0 Å². The van der Waals surface area contributed by atoms with Crippen molar-refractivity contribution in [3.8, 4) is 0 Å². The summed E-state index contributed by atoms with van der Waals surface area (Å²) < 4.78 is 8.70. The van der Waals surface area contributed by atoms with E-state index >= 15 is 0 Å². The second kappa shape index (κ2) is 7.80. The van der Waals surface area contributed by atoms with Crippen molar-refractivity contribution < 1.29 is 4.74 Å². The second-order valence-corrected chi connectivity index (χ2v) is 6.65. The van der Waals surface area contributed by atoms with Gasteiger partial charge in [0, 0.05) is 45.5 Å². The van der Waals surface area contributed by atoms with Gasteiger partial charge in [-0.15, -0.1) is 0 Å². The minimum atomic E-state index is -0.274. The smallest absolute Gasteiger partial charge is 0.330 e. The molecule has 0 atom stereocenters. The fraction of sp³-hybridized carbons (Fsp3) is 0.474. The summed E-state index contributed by atoms with van der Waals surface area (Å²) in [6.07, 6.45) is 2.20. The summed E-state index contributed by atoms with van der Waals surface area (Å²) in [5.74, 6) is 0. The van der Waals surface area contributed by atoms with E-state index in [1.807, 2.05) is 18.2 Å². The summed E-state index contributed by atoms with van der Waals surface area (Å²) in [5, 5.41) is 0. The fourth-order valence-corrected chi connectivity index (χ4v) is 3.18. The fourth-order valence-electron chi connectivity index (χ4n) is 3.18. The maximum atomic E-state index is 12.0. The summed E-state index contributed by atoms with van der Waals surface area (Å²) in [6, 6.07) is 11.8. The lowest BCUT2D eigenvalue weighted by Crippen LogP contribution is -2.41. The second-order valence-electron chi connectivity index (χ2n) is 6.65. The van der Waals surface area contributed by atoms with Crippen LogP contribution in [0, 0.1) is 0 Å². The Morgan fingerprint density at radius 2 is 1.72 bits per heavy atom. The quantitative estimate of drug-likeness (QED) is 0.820. The number of piperidine rings is 1. The number of hydrogen-bond acceptors (Lipinski definition) is 4. The molecule has 1 aromatic heterocycles. The molecule has 6 nitrogen and oxygen atoms in total. The highest BCUT2D eigenvalue weighted by atomic mass is 16.5.